The molecule has 2 rings (SSSR count). The van der Waals surface area contributed by atoms with Gasteiger partial charge in [0.05, 0.1) is 0 Å². The molecule has 2 amide bonds. The van der Waals surface area contributed by atoms with Gasteiger partial charge in [-0.1, -0.05) is 43.6 Å². The Morgan fingerprint density at radius 2 is 1.82 bits per heavy atom. The lowest BCUT2D eigenvalue weighted by molar-refractivity contribution is -0.171. The molecule has 0 saturated heterocycles. The summed E-state index contributed by atoms with van der Waals surface area (Å²) in [6.07, 6.45) is 0.552. The number of nitrogens with one attached hydrogen (secondary N) is 1. The average molecular weight is 481 g/mol. The first-order chi connectivity index (χ1) is 15.5. The second-order valence-electron chi connectivity index (χ2n) is 8.80. The molecule has 0 spiro atoms. The summed E-state index contributed by atoms with van der Waals surface area (Å²) >= 11 is 6.42. The van der Waals surface area contributed by atoms with Gasteiger partial charge in [0.2, 0.25) is 12.2 Å². The molecule has 0 aliphatic heterocycles. The van der Waals surface area contributed by atoms with Gasteiger partial charge >= 0.3 is 12.1 Å². The van der Waals surface area contributed by atoms with E-state index in [0.717, 1.165) is 12.8 Å². The highest BCUT2D eigenvalue weighted by atomic mass is 35.5. The molecule has 1 fully saturated rings. The fourth-order valence-electron chi connectivity index (χ4n) is 4.21. The first-order valence-corrected chi connectivity index (χ1v) is 11.6. The van der Waals surface area contributed by atoms with Gasteiger partial charge in [-0.05, 0) is 37.7 Å². The molecule has 1 unspecified atom stereocenters. The molecule has 0 bridgehead atoms. The summed E-state index contributed by atoms with van der Waals surface area (Å²) in [6.45, 7) is 6.55. The van der Waals surface area contributed by atoms with Crippen LogP contribution in [0.1, 0.15) is 65.4 Å². The monoisotopic (exact) mass is 480 g/mol. The van der Waals surface area contributed by atoms with Crippen LogP contribution in [0.5, 0.6) is 0 Å². The van der Waals surface area contributed by atoms with Gasteiger partial charge < -0.3 is 14.8 Å². The molecule has 0 aromatic heterocycles. The molecule has 1 aliphatic carbocycles. The number of carbonyl (C=O) groups is 4. The molecule has 1 saturated carbocycles. The number of likely N-dealkylation sites (N-methyl/N-ethyl adjacent to an activating group) is 1. The highest BCUT2D eigenvalue weighted by molar-refractivity contribution is 6.31. The summed E-state index contributed by atoms with van der Waals surface area (Å²) in [5.41, 5.74) is -0.712. The minimum atomic E-state index is -1.26. The van der Waals surface area contributed by atoms with Crippen molar-refractivity contribution in [1.82, 2.24) is 10.2 Å². The first kappa shape index (κ1) is 26.6. The van der Waals surface area contributed by atoms with Gasteiger partial charge in [-0.15, -0.1) is 0 Å². The van der Waals surface area contributed by atoms with Crippen molar-refractivity contribution in [3.8, 4) is 0 Å². The number of benzene rings is 1. The van der Waals surface area contributed by atoms with Crippen LogP contribution in [0.25, 0.3) is 0 Å². The fourth-order valence-corrected chi connectivity index (χ4v) is 4.50. The standard InChI is InChI=1S/C24H33ClN2O6/c1-15(2)14-20(26-16(3)28)22(30)32-17(4)33-23(31)27(5)24(13-9-8-12-21(24)29)18-10-6-7-11-19(18)25/h6-7,10-11,15,17,20H,8-9,12-14H2,1-5H3,(H,26,28)/t17?,20-,24-/m0/s1. The van der Waals surface area contributed by atoms with Crippen molar-refractivity contribution >= 4 is 35.4 Å². The van der Waals surface area contributed by atoms with Crippen molar-refractivity contribution in [2.45, 2.75) is 77.7 Å². The Hall–Kier alpha value is -2.61. The first-order valence-electron chi connectivity index (χ1n) is 11.2. The molecule has 1 aromatic rings. The van der Waals surface area contributed by atoms with Crippen LogP contribution in [0, 0.1) is 5.92 Å². The van der Waals surface area contributed by atoms with Gasteiger partial charge in [0.1, 0.15) is 11.6 Å². The van der Waals surface area contributed by atoms with Crippen LogP contribution >= 0.6 is 11.6 Å². The van der Waals surface area contributed by atoms with Crippen LogP contribution < -0.4 is 5.32 Å². The maximum absolute atomic E-state index is 13.1. The van der Waals surface area contributed by atoms with E-state index >= 15 is 0 Å². The van der Waals surface area contributed by atoms with Gasteiger partial charge in [-0.25, -0.2) is 9.59 Å². The quantitative estimate of drug-likeness (QED) is 0.442. The summed E-state index contributed by atoms with van der Waals surface area (Å²) in [4.78, 5) is 51.4. The Morgan fingerprint density at radius 3 is 2.39 bits per heavy atom. The van der Waals surface area contributed by atoms with Crippen LogP contribution in [0.4, 0.5) is 4.79 Å². The maximum Gasteiger partial charge on any atom is 0.413 e. The molecule has 8 nitrogen and oxygen atoms in total. The Kier molecular flexibility index (Phi) is 9.28. The van der Waals surface area contributed by atoms with Crippen LogP contribution in [-0.4, -0.2) is 48.0 Å². The van der Waals surface area contributed by atoms with E-state index in [1.807, 2.05) is 13.8 Å². The highest BCUT2D eigenvalue weighted by Crippen LogP contribution is 2.42. The van der Waals surface area contributed by atoms with Crippen molar-refractivity contribution in [3.63, 3.8) is 0 Å². The molecule has 1 N–H and O–H groups in total. The molecule has 1 aromatic carbocycles. The number of rotatable bonds is 8. The summed E-state index contributed by atoms with van der Waals surface area (Å²) < 4.78 is 10.6. The van der Waals surface area contributed by atoms with Gasteiger partial charge in [-0.2, -0.15) is 0 Å². The summed E-state index contributed by atoms with van der Waals surface area (Å²) in [6, 6.07) is 6.10. The maximum atomic E-state index is 13.1. The molecule has 3 atom stereocenters. The van der Waals surface area contributed by atoms with Crippen LogP contribution in [-0.2, 0) is 29.4 Å². The fraction of sp³-hybridized carbons (Fsp3) is 0.583. The van der Waals surface area contributed by atoms with E-state index in [2.05, 4.69) is 5.32 Å². The van der Waals surface area contributed by atoms with Crippen molar-refractivity contribution < 1.29 is 28.7 Å². The number of ether oxygens (including phenoxy) is 2. The zero-order valence-electron chi connectivity index (χ0n) is 19.9. The molecule has 9 heteroatoms. The van der Waals surface area contributed by atoms with Crippen molar-refractivity contribution in [2.75, 3.05) is 7.05 Å². The average Bonchev–Trinajstić information content (AvgIpc) is 2.73. The largest absolute Gasteiger partial charge is 0.424 e. The second kappa shape index (κ2) is 11.5. The van der Waals surface area contributed by atoms with E-state index in [1.54, 1.807) is 24.3 Å². The van der Waals surface area contributed by atoms with Crippen molar-refractivity contribution in [2.24, 2.45) is 5.92 Å². The smallest absolute Gasteiger partial charge is 0.413 e. The zero-order chi connectivity index (χ0) is 24.8. The van der Waals surface area contributed by atoms with E-state index in [9.17, 15) is 19.2 Å². The molecule has 182 valence electrons. The number of amides is 2. The Labute approximate surface area is 199 Å². The predicted octanol–water partition coefficient (Wildman–Crippen LogP) is 4.19. The molecule has 0 radical (unpaired) electrons. The molecule has 33 heavy (non-hydrogen) atoms. The molecule has 0 heterocycles. The van der Waals surface area contributed by atoms with Gasteiger partial charge in [0.25, 0.3) is 0 Å². The predicted molar refractivity (Wildman–Crippen MR) is 123 cm³/mol. The summed E-state index contributed by atoms with van der Waals surface area (Å²) in [5, 5.41) is 2.95. The lowest BCUT2D eigenvalue weighted by Crippen LogP contribution is -2.55. The Morgan fingerprint density at radius 1 is 1.15 bits per heavy atom. The number of carbonyl (C=O) groups excluding carboxylic acids is 4. The normalized spacial score (nSPS) is 20.0. The zero-order valence-corrected chi connectivity index (χ0v) is 20.6. The molecular weight excluding hydrogens is 448 g/mol. The van der Waals surface area contributed by atoms with E-state index in [4.69, 9.17) is 21.1 Å². The number of nitrogens with zero attached hydrogens (tertiary/aromatic N) is 1. The third-order valence-electron chi connectivity index (χ3n) is 5.74. The van der Waals surface area contributed by atoms with Gasteiger partial charge in [-0.3, -0.25) is 14.5 Å². The number of halogens is 1. The van der Waals surface area contributed by atoms with Crippen LogP contribution in [0.15, 0.2) is 24.3 Å². The second-order valence-corrected chi connectivity index (χ2v) is 9.21. The van der Waals surface area contributed by atoms with E-state index in [0.29, 0.717) is 29.8 Å². The lowest BCUT2D eigenvalue weighted by Gasteiger charge is -2.43. The van der Waals surface area contributed by atoms with Gasteiger partial charge in [0, 0.05) is 37.9 Å². The van der Waals surface area contributed by atoms with Crippen LogP contribution in [0.2, 0.25) is 5.02 Å². The van der Waals surface area contributed by atoms with Crippen molar-refractivity contribution in [3.05, 3.63) is 34.9 Å². The minimum absolute atomic E-state index is 0.117. The number of esters is 1. The van der Waals surface area contributed by atoms with Crippen molar-refractivity contribution in [1.29, 1.82) is 0 Å². The van der Waals surface area contributed by atoms with E-state index < -0.39 is 29.9 Å². The van der Waals surface area contributed by atoms with E-state index in [1.165, 1.54) is 25.8 Å². The number of hydrogen-bond donors (Lipinski definition) is 1. The molecule has 1 aliphatic rings. The highest BCUT2D eigenvalue weighted by Gasteiger charge is 2.49. The topological polar surface area (TPSA) is 102 Å². The Balaban J connectivity index is 2.18. The van der Waals surface area contributed by atoms with Crippen LogP contribution in [0.3, 0.4) is 0 Å². The lowest BCUT2D eigenvalue weighted by atomic mass is 9.74. The third-order valence-corrected chi connectivity index (χ3v) is 6.07. The summed E-state index contributed by atoms with van der Waals surface area (Å²) in [7, 11) is 1.49. The Bertz CT molecular complexity index is 889. The third kappa shape index (κ3) is 6.47. The van der Waals surface area contributed by atoms with E-state index in [-0.39, 0.29) is 17.6 Å². The SMILES string of the molecule is CC(=O)N[C@@H](CC(C)C)C(=O)OC(C)OC(=O)N(C)[C@]1(c2ccccc2Cl)CCCCC1=O. The van der Waals surface area contributed by atoms with Gasteiger partial charge in [0.15, 0.2) is 5.78 Å². The number of Topliss-reactive ketones (excluding diaryl/α,β-unsaturated/α-hetero) is 1. The molecular formula is C24H33ClN2O6. The number of hydrogen-bond acceptors (Lipinski definition) is 6. The minimum Gasteiger partial charge on any atom is -0.424 e. The summed E-state index contributed by atoms with van der Waals surface area (Å²) in [5.74, 6) is -1.05. The number of ketones is 1.